The van der Waals surface area contributed by atoms with Gasteiger partial charge in [0.25, 0.3) is 0 Å². The summed E-state index contributed by atoms with van der Waals surface area (Å²) in [6.07, 6.45) is 0.116. The van der Waals surface area contributed by atoms with E-state index in [2.05, 4.69) is 76.2 Å². The Morgan fingerprint density at radius 2 is 1.73 bits per heavy atom. The molecule has 0 aromatic heterocycles. The summed E-state index contributed by atoms with van der Waals surface area (Å²) in [5.74, 6) is 0. The molecule has 0 radical (unpaired) electrons. The van der Waals surface area contributed by atoms with E-state index in [1.54, 1.807) is 0 Å². The van der Waals surface area contributed by atoms with Crippen molar-refractivity contribution in [2.45, 2.75) is 55.9 Å². The Bertz CT molecular complexity index is 599. The van der Waals surface area contributed by atoms with Crippen molar-refractivity contribution >= 4 is 11.8 Å². The molecule has 0 fully saturated rings. The van der Waals surface area contributed by atoms with E-state index in [0.717, 1.165) is 6.61 Å². The van der Waals surface area contributed by atoms with Crippen LogP contribution in [0.5, 0.6) is 0 Å². The molecule has 0 unspecified atom stereocenters. The third-order valence-corrected chi connectivity index (χ3v) is 4.79. The van der Waals surface area contributed by atoms with Crippen LogP contribution in [0, 0.1) is 0 Å². The minimum atomic E-state index is 0.116. The van der Waals surface area contributed by atoms with Crippen LogP contribution in [0.25, 0.3) is 0 Å². The van der Waals surface area contributed by atoms with Gasteiger partial charge in [-0.1, -0.05) is 62.9 Å². The summed E-state index contributed by atoms with van der Waals surface area (Å²) in [4.78, 5) is 2.55. The van der Waals surface area contributed by atoms with Gasteiger partial charge >= 0.3 is 0 Å². The number of hydrogen-bond acceptors (Lipinski definition) is 2. The van der Waals surface area contributed by atoms with Crippen LogP contribution in [0.15, 0.2) is 58.3 Å². The average Bonchev–Trinajstić information content (AvgIpc) is 2.47. The monoisotopic (exact) mass is 314 g/mol. The smallest absolute Gasteiger partial charge is 0.0807 e. The van der Waals surface area contributed by atoms with Crippen LogP contribution in [0.2, 0.25) is 0 Å². The quantitative estimate of drug-likeness (QED) is 0.646. The van der Waals surface area contributed by atoms with Crippen LogP contribution in [-0.2, 0) is 10.2 Å². The summed E-state index contributed by atoms with van der Waals surface area (Å²) >= 11 is 1.82. The Hall–Kier alpha value is -1.25. The number of benzene rings is 2. The van der Waals surface area contributed by atoms with Gasteiger partial charge in [-0.25, -0.2) is 0 Å². The summed E-state index contributed by atoms with van der Waals surface area (Å²) in [5.41, 5.74) is 2.78. The van der Waals surface area contributed by atoms with Crippen molar-refractivity contribution in [1.82, 2.24) is 0 Å². The van der Waals surface area contributed by atoms with E-state index in [1.165, 1.54) is 20.9 Å². The summed E-state index contributed by atoms with van der Waals surface area (Å²) in [5, 5.41) is 0. The molecular weight excluding hydrogens is 288 g/mol. The van der Waals surface area contributed by atoms with Crippen LogP contribution in [-0.4, -0.2) is 6.61 Å². The van der Waals surface area contributed by atoms with Crippen molar-refractivity contribution in [2.24, 2.45) is 0 Å². The van der Waals surface area contributed by atoms with Crippen molar-refractivity contribution in [3.05, 3.63) is 59.7 Å². The lowest BCUT2D eigenvalue weighted by Crippen LogP contribution is -2.12. The highest BCUT2D eigenvalue weighted by Gasteiger charge is 2.18. The van der Waals surface area contributed by atoms with Crippen molar-refractivity contribution in [2.75, 3.05) is 6.61 Å². The first-order valence-corrected chi connectivity index (χ1v) is 8.72. The average molecular weight is 314 g/mol. The molecule has 0 spiro atoms. The highest BCUT2D eigenvalue weighted by atomic mass is 32.2. The number of rotatable bonds is 5. The summed E-state index contributed by atoms with van der Waals surface area (Å²) in [6.45, 7) is 11.7. The summed E-state index contributed by atoms with van der Waals surface area (Å²) < 4.78 is 5.82. The van der Waals surface area contributed by atoms with Gasteiger partial charge in [-0.3, -0.25) is 0 Å². The van der Waals surface area contributed by atoms with Crippen LogP contribution in [0.3, 0.4) is 0 Å². The van der Waals surface area contributed by atoms with Crippen LogP contribution < -0.4 is 0 Å². The van der Waals surface area contributed by atoms with Gasteiger partial charge in [-0.05, 0) is 48.6 Å². The minimum absolute atomic E-state index is 0.116. The van der Waals surface area contributed by atoms with Crippen molar-refractivity contribution in [3.63, 3.8) is 0 Å². The van der Waals surface area contributed by atoms with E-state index in [0.29, 0.717) is 0 Å². The molecule has 2 aromatic rings. The lowest BCUT2D eigenvalue weighted by Gasteiger charge is -2.23. The molecule has 2 aromatic carbocycles. The maximum Gasteiger partial charge on any atom is 0.0807 e. The molecule has 0 aliphatic heterocycles. The maximum atomic E-state index is 5.82. The fraction of sp³-hybridized carbons (Fsp3) is 0.400. The fourth-order valence-electron chi connectivity index (χ4n) is 2.38. The van der Waals surface area contributed by atoms with Gasteiger partial charge in [0.15, 0.2) is 0 Å². The zero-order chi connectivity index (χ0) is 16.2. The van der Waals surface area contributed by atoms with E-state index < -0.39 is 0 Å². The Balaban J connectivity index is 2.41. The van der Waals surface area contributed by atoms with E-state index >= 15 is 0 Å². The molecule has 0 bridgehead atoms. The van der Waals surface area contributed by atoms with Crippen molar-refractivity contribution in [1.29, 1.82) is 0 Å². The number of ether oxygens (including phenoxy) is 1. The molecule has 0 N–H and O–H groups in total. The van der Waals surface area contributed by atoms with E-state index in [-0.39, 0.29) is 11.5 Å². The molecular formula is C20H26OS. The van der Waals surface area contributed by atoms with Crippen molar-refractivity contribution in [3.8, 4) is 0 Å². The molecule has 0 saturated heterocycles. The first kappa shape index (κ1) is 17.1. The second-order valence-electron chi connectivity index (χ2n) is 6.52. The first-order chi connectivity index (χ1) is 10.4. The Kier molecular flexibility index (Phi) is 5.71. The second-order valence-corrected chi connectivity index (χ2v) is 7.63. The van der Waals surface area contributed by atoms with Gasteiger partial charge in [-0.15, -0.1) is 0 Å². The second kappa shape index (κ2) is 7.34. The highest BCUT2D eigenvalue weighted by molar-refractivity contribution is 7.99. The highest BCUT2D eigenvalue weighted by Crippen LogP contribution is 2.37. The summed E-state index contributed by atoms with van der Waals surface area (Å²) in [6, 6.07) is 17.3. The number of hydrogen-bond donors (Lipinski definition) is 0. The van der Waals surface area contributed by atoms with Gasteiger partial charge in [0, 0.05) is 16.4 Å². The third-order valence-electron chi connectivity index (χ3n) is 3.71. The predicted octanol–water partition coefficient (Wildman–Crippen LogP) is 6.23. The molecule has 0 amide bonds. The normalized spacial score (nSPS) is 13.1. The SMILES string of the molecule is CCO[C@H](C)c1ccc(C(C)(C)C)cc1Sc1ccccc1. The Morgan fingerprint density at radius 1 is 1.05 bits per heavy atom. The molecule has 0 aliphatic rings. The maximum absolute atomic E-state index is 5.82. The zero-order valence-electron chi connectivity index (χ0n) is 14.2. The molecule has 1 atom stereocenters. The molecule has 0 saturated carbocycles. The largest absolute Gasteiger partial charge is 0.374 e. The lowest BCUT2D eigenvalue weighted by atomic mass is 9.86. The van der Waals surface area contributed by atoms with Crippen LogP contribution >= 0.6 is 11.8 Å². The molecule has 1 nitrogen and oxygen atoms in total. The fourth-order valence-corrected chi connectivity index (χ4v) is 3.47. The molecule has 118 valence electrons. The van der Waals surface area contributed by atoms with Crippen LogP contribution in [0.4, 0.5) is 0 Å². The molecule has 22 heavy (non-hydrogen) atoms. The molecule has 2 rings (SSSR count). The van der Waals surface area contributed by atoms with Gasteiger partial charge in [-0.2, -0.15) is 0 Å². The molecule has 0 aliphatic carbocycles. The first-order valence-electron chi connectivity index (χ1n) is 7.90. The van der Waals surface area contributed by atoms with Gasteiger partial charge in [0.05, 0.1) is 6.10 Å². The predicted molar refractivity (Wildman–Crippen MR) is 95.7 cm³/mol. The van der Waals surface area contributed by atoms with Crippen molar-refractivity contribution < 1.29 is 4.74 Å². The van der Waals surface area contributed by atoms with Crippen LogP contribution in [0.1, 0.15) is 51.8 Å². The summed E-state index contributed by atoms with van der Waals surface area (Å²) in [7, 11) is 0. The molecule has 2 heteroatoms. The Labute approximate surface area is 139 Å². The third kappa shape index (κ3) is 4.37. The van der Waals surface area contributed by atoms with Gasteiger partial charge in [0.1, 0.15) is 0 Å². The topological polar surface area (TPSA) is 9.23 Å². The van der Waals surface area contributed by atoms with Gasteiger partial charge in [0.2, 0.25) is 0 Å². The minimum Gasteiger partial charge on any atom is -0.374 e. The van der Waals surface area contributed by atoms with E-state index in [9.17, 15) is 0 Å². The zero-order valence-corrected chi connectivity index (χ0v) is 15.0. The standard InChI is InChI=1S/C20H26OS/c1-6-21-15(2)18-13-12-16(20(3,4)5)14-19(18)22-17-10-8-7-9-11-17/h7-15H,6H2,1-5H3/t15-/m1/s1. The molecule has 0 heterocycles. The Morgan fingerprint density at radius 3 is 2.32 bits per heavy atom. The van der Waals surface area contributed by atoms with Gasteiger partial charge < -0.3 is 4.74 Å². The lowest BCUT2D eigenvalue weighted by molar-refractivity contribution is 0.0745. The van der Waals surface area contributed by atoms with E-state index in [1.807, 2.05) is 18.7 Å². The van der Waals surface area contributed by atoms with E-state index in [4.69, 9.17) is 4.74 Å².